The normalized spacial score (nSPS) is 38.6. The maximum Gasteiger partial charge on any atom is 0.0961 e. The fourth-order valence-corrected chi connectivity index (χ4v) is 0.850. The minimum Gasteiger partial charge on any atom is -1.00 e. The van der Waals surface area contributed by atoms with Crippen LogP contribution in [0.15, 0.2) is 0 Å². The molecule has 1 nitrogen and oxygen atoms in total. The molecule has 0 aromatic carbocycles. The first kappa shape index (κ1) is 7.60. The summed E-state index contributed by atoms with van der Waals surface area (Å²) in [5.41, 5.74) is 3.85. The molecule has 0 saturated heterocycles. The van der Waals surface area contributed by atoms with Gasteiger partial charge in [-0.1, -0.05) is 0 Å². The van der Waals surface area contributed by atoms with Gasteiger partial charge in [0.1, 0.15) is 0 Å². The lowest BCUT2D eigenvalue weighted by molar-refractivity contribution is -0.434. The Labute approximate surface area is 55.5 Å². The zero-order chi connectivity index (χ0) is 4.57. The molecular weight excluding hydrogens is 130 g/mol. The van der Waals surface area contributed by atoms with E-state index in [1.54, 1.807) is 0 Å². The summed E-state index contributed by atoms with van der Waals surface area (Å²) in [7, 11) is 0. The van der Waals surface area contributed by atoms with E-state index in [-0.39, 0.29) is 12.4 Å². The van der Waals surface area contributed by atoms with Crippen molar-refractivity contribution >= 4 is 12.6 Å². The van der Waals surface area contributed by atoms with Crippen LogP contribution >= 0.6 is 12.6 Å². The standard InChI is InChI=1S/C4H9NS.ClH/c5-3-1-2-4(3)6;/h3-4,6H,1-2,5H2;1H. The molecule has 0 aromatic rings. The quantitative estimate of drug-likeness (QED) is 0.329. The number of thiol groups is 1. The van der Waals surface area contributed by atoms with Gasteiger partial charge >= 0.3 is 0 Å². The summed E-state index contributed by atoms with van der Waals surface area (Å²) in [4.78, 5) is 0. The van der Waals surface area contributed by atoms with Crippen LogP contribution in [-0.4, -0.2) is 11.3 Å². The first-order valence-electron chi connectivity index (χ1n) is 2.32. The van der Waals surface area contributed by atoms with Gasteiger partial charge in [0.25, 0.3) is 0 Å². The minimum absolute atomic E-state index is 0. The minimum atomic E-state index is 0. The van der Waals surface area contributed by atoms with E-state index in [9.17, 15) is 0 Å². The Morgan fingerprint density at radius 2 is 1.86 bits per heavy atom. The van der Waals surface area contributed by atoms with Crippen molar-refractivity contribution in [2.45, 2.75) is 24.1 Å². The van der Waals surface area contributed by atoms with Gasteiger partial charge in [0, 0.05) is 6.42 Å². The lowest BCUT2D eigenvalue weighted by atomic mass is 9.93. The Bertz CT molecular complexity index is 51.7. The predicted octanol–water partition coefficient (Wildman–Crippen LogP) is -3.31. The highest BCUT2D eigenvalue weighted by Crippen LogP contribution is 2.20. The maximum absolute atomic E-state index is 4.22. The van der Waals surface area contributed by atoms with Crippen LogP contribution in [0.5, 0.6) is 0 Å². The van der Waals surface area contributed by atoms with Crippen molar-refractivity contribution in [3.8, 4) is 0 Å². The van der Waals surface area contributed by atoms with Gasteiger partial charge in [-0.2, -0.15) is 12.6 Å². The average Bonchev–Trinajstić information content (AvgIpc) is 1.61. The number of hydrogen-bond donors (Lipinski definition) is 2. The lowest BCUT2D eigenvalue weighted by Crippen LogP contribution is -3.00. The van der Waals surface area contributed by atoms with E-state index in [1.807, 2.05) is 0 Å². The van der Waals surface area contributed by atoms with Crippen LogP contribution in [0.1, 0.15) is 12.8 Å². The van der Waals surface area contributed by atoms with Crippen molar-refractivity contribution in [3.05, 3.63) is 0 Å². The zero-order valence-electron chi connectivity index (χ0n) is 4.10. The Balaban J connectivity index is 0.000000360. The Kier molecular flexibility index (Phi) is 3.04. The second kappa shape index (κ2) is 2.80. The molecule has 3 heteroatoms. The van der Waals surface area contributed by atoms with Crippen molar-refractivity contribution in [3.63, 3.8) is 0 Å². The van der Waals surface area contributed by atoms with Crippen molar-refractivity contribution < 1.29 is 18.1 Å². The first-order valence-corrected chi connectivity index (χ1v) is 2.83. The summed E-state index contributed by atoms with van der Waals surface area (Å²) in [6.07, 6.45) is 2.56. The third kappa shape index (κ3) is 1.52. The van der Waals surface area contributed by atoms with Gasteiger partial charge < -0.3 is 18.1 Å². The average molecular weight is 140 g/mol. The van der Waals surface area contributed by atoms with E-state index in [1.165, 1.54) is 12.8 Å². The fraction of sp³-hybridized carbons (Fsp3) is 1.00. The van der Waals surface area contributed by atoms with Gasteiger partial charge in [-0.15, -0.1) is 0 Å². The van der Waals surface area contributed by atoms with Gasteiger partial charge in [0.2, 0.25) is 0 Å². The molecule has 3 N–H and O–H groups in total. The van der Waals surface area contributed by atoms with Crippen LogP contribution in [0.4, 0.5) is 0 Å². The molecule has 1 fully saturated rings. The summed E-state index contributed by atoms with van der Waals surface area (Å²) < 4.78 is 0. The van der Waals surface area contributed by atoms with Crippen LogP contribution < -0.4 is 18.1 Å². The molecule has 2 unspecified atom stereocenters. The van der Waals surface area contributed by atoms with E-state index in [0.717, 1.165) is 0 Å². The molecule has 0 spiro atoms. The molecule has 0 bridgehead atoms. The predicted molar refractivity (Wildman–Crippen MR) is 28.7 cm³/mol. The Morgan fingerprint density at radius 3 is 1.86 bits per heavy atom. The summed E-state index contributed by atoms with van der Waals surface area (Å²) in [5.74, 6) is 0. The molecule has 7 heavy (non-hydrogen) atoms. The van der Waals surface area contributed by atoms with Crippen LogP contribution in [0.2, 0.25) is 0 Å². The third-order valence-electron chi connectivity index (χ3n) is 1.38. The van der Waals surface area contributed by atoms with Crippen molar-refractivity contribution in [2.24, 2.45) is 0 Å². The molecule has 0 heterocycles. The van der Waals surface area contributed by atoms with Gasteiger partial charge in [0.15, 0.2) is 0 Å². The number of halogens is 1. The second-order valence-electron chi connectivity index (χ2n) is 1.90. The highest BCUT2D eigenvalue weighted by atomic mass is 35.5. The molecule has 2 atom stereocenters. The van der Waals surface area contributed by atoms with E-state index in [0.29, 0.717) is 11.3 Å². The van der Waals surface area contributed by atoms with Crippen molar-refractivity contribution in [2.75, 3.05) is 0 Å². The van der Waals surface area contributed by atoms with Gasteiger partial charge in [-0.3, -0.25) is 0 Å². The smallest absolute Gasteiger partial charge is 0.0961 e. The van der Waals surface area contributed by atoms with Crippen LogP contribution in [0.3, 0.4) is 0 Å². The molecule has 1 saturated carbocycles. The van der Waals surface area contributed by atoms with Gasteiger partial charge in [0.05, 0.1) is 11.3 Å². The molecule has 0 aliphatic heterocycles. The zero-order valence-corrected chi connectivity index (χ0v) is 5.75. The van der Waals surface area contributed by atoms with Gasteiger partial charge in [-0.05, 0) is 6.42 Å². The van der Waals surface area contributed by atoms with E-state index < -0.39 is 0 Å². The summed E-state index contributed by atoms with van der Waals surface area (Å²) in [6, 6.07) is 0.647. The van der Waals surface area contributed by atoms with E-state index in [2.05, 4.69) is 18.4 Å². The first-order chi connectivity index (χ1) is 2.80. The van der Waals surface area contributed by atoms with Gasteiger partial charge in [-0.25, -0.2) is 0 Å². The maximum atomic E-state index is 4.22. The molecule has 0 amide bonds. The Hall–Kier alpha value is 0.600. The largest absolute Gasteiger partial charge is 1.00 e. The van der Waals surface area contributed by atoms with E-state index in [4.69, 9.17) is 0 Å². The van der Waals surface area contributed by atoms with Crippen LogP contribution in [0, 0.1) is 0 Å². The molecule has 1 aliphatic rings. The number of hydrogen-bond acceptors (Lipinski definition) is 1. The van der Waals surface area contributed by atoms with E-state index >= 15 is 0 Å². The monoisotopic (exact) mass is 139 g/mol. The fourth-order valence-electron chi connectivity index (χ4n) is 0.551. The highest BCUT2D eigenvalue weighted by molar-refractivity contribution is 7.81. The second-order valence-corrected chi connectivity index (χ2v) is 2.57. The number of quaternary nitrogens is 1. The molecular formula is C4H10ClNS. The third-order valence-corrected chi connectivity index (χ3v) is 2.06. The summed E-state index contributed by atoms with van der Waals surface area (Å²) >= 11 is 4.22. The molecule has 0 aromatic heterocycles. The molecule has 1 rings (SSSR count). The summed E-state index contributed by atoms with van der Waals surface area (Å²) in [6.45, 7) is 0. The van der Waals surface area contributed by atoms with Crippen LogP contribution in [0.25, 0.3) is 0 Å². The van der Waals surface area contributed by atoms with Crippen molar-refractivity contribution in [1.29, 1.82) is 0 Å². The Morgan fingerprint density at radius 1 is 1.43 bits per heavy atom. The summed E-state index contributed by atoms with van der Waals surface area (Å²) in [5, 5.41) is 0.616. The van der Waals surface area contributed by atoms with Crippen LogP contribution in [-0.2, 0) is 0 Å². The topological polar surface area (TPSA) is 27.6 Å². The lowest BCUT2D eigenvalue weighted by Gasteiger charge is -2.24. The highest BCUT2D eigenvalue weighted by Gasteiger charge is 2.26. The van der Waals surface area contributed by atoms with Crippen molar-refractivity contribution in [1.82, 2.24) is 0 Å². The number of rotatable bonds is 0. The molecule has 44 valence electrons. The molecule has 0 radical (unpaired) electrons. The molecule has 1 aliphatic carbocycles. The SMILES string of the molecule is [Cl-].[NH3+]C1CCC1S.